The molecule has 1 N–H and O–H groups in total. The fraction of sp³-hybridized carbons (Fsp3) is 0.600. The number of carboxylic acid groups (broad SMARTS) is 1. The summed E-state index contributed by atoms with van der Waals surface area (Å²) in [6.45, 7) is 3.63. The van der Waals surface area contributed by atoms with Crippen molar-refractivity contribution in [3.8, 4) is 5.88 Å². The molecule has 0 aliphatic carbocycles. The highest BCUT2D eigenvalue weighted by Gasteiger charge is 2.22. The van der Waals surface area contributed by atoms with E-state index < -0.39 is 6.16 Å². The van der Waals surface area contributed by atoms with Crippen LogP contribution in [0.2, 0.25) is 0 Å². The molecule has 5 heteroatoms. The zero-order chi connectivity index (χ0) is 14.4. The molecule has 0 saturated carbocycles. The Balaban J connectivity index is 2.29. The Labute approximate surface area is 118 Å². The van der Waals surface area contributed by atoms with Gasteiger partial charge in [0.25, 0.3) is 0 Å². The van der Waals surface area contributed by atoms with E-state index in [0.717, 1.165) is 50.9 Å². The summed E-state index contributed by atoms with van der Waals surface area (Å²) in [7, 11) is 0. The minimum atomic E-state index is -1.31. The maximum Gasteiger partial charge on any atom is 0.512 e. The van der Waals surface area contributed by atoms with Crippen molar-refractivity contribution >= 4 is 6.16 Å². The number of unbranched alkanes of at least 4 members (excludes halogenated alkanes) is 1. The second-order valence-electron chi connectivity index (χ2n) is 5.04. The van der Waals surface area contributed by atoms with Crippen LogP contribution in [0.15, 0.2) is 12.3 Å². The molecule has 1 fully saturated rings. The Morgan fingerprint density at radius 2 is 2.25 bits per heavy atom. The van der Waals surface area contributed by atoms with E-state index in [2.05, 4.69) is 11.9 Å². The van der Waals surface area contributed by atoms with Crippen LogP contribution in [0.1, 0.15) is 49.7 Å². The van der Waals surface area contributed by atoms with E-state index in [-0.39, 0.29) is 5.88 Å². The smallest absolute Gasteiger partial charge is 0.449 e. The third kappa shape index (κ3) is 3.70. The van der Waals surface area contributed by atoms with Crippen molar-refractivity contribution in [1.82, 2.24) is 4.98 Å². The van der Waals surface area contributed by atoms with Crippen molar-refractivity contribution < 1.29 is 19.4 Å². The second kappa shape index (κ2) is 7.24. The highest BCUT2D eigenvalue weighted by atomic mass is 16.7. The number of aromatic nitrogens is 1. The van der Waals surface area contributed by atoms with Gasteiger partial charge in [-0.2, -0.15) is 0 Å². The molecule has 2 rings (SSSR count). The Morgan fingerprint density at radius 3 is 2.90 bits per heavy atom. The largest absolute Gasteiger partial charge is 0.512 e. The van der Waals surface area contributed by atoms with Crippen LogP contribution in [-0.2, 0) is 11.2 Å². The lowest BCUT2D eigenvalue weighted by Crippen LogP contribution is -2.17. The van der Waals surface area contributed by atoms with Crippen molar-refractivity contribution in [1.29, 1.82) is 0 Å². The summed E-state index contributed by atoms with van der Waals surface area (Å²) >= 11 is 0. The Morgan fingerprint density at radius 1 is 1.50 bits per heavy atom. The SMILES string of the molecule is CCCCc1c(C2CCOCC2)ccnc1OC(=O)O. The topological polar surface area (TPSA) is 68.7 Å². The molecule has 20 heavy (non-hydrogen) atoms. The predicted molar refractivity (Wildman–Crippen MR) is 74.3 cm³/mol. The Bertz CT molecular complexity index is 455. The van der Waals surface area contributed by atoms with Gasteiger partial charge in [0.15, 0.2) is 0 Å². The average molecular weight is 279 g/mol. The molecule has 0 aromatic carbocycles. The molecule has 1 aliphatic rings. The molecule has 110 valence electrons. The van der Waals surface area contributed by atoms with Crippen molar-refractivity contribution in [2.75, 3.05) is 13.2 Å². The number of hydrogen-bond donors (Lipinski definition) is 1. The van der Waals surface area contributed by atoms with Gasteiger partial charge in [0.2, 0.25) is 5.88 Å². The van der Waals surface area contributed by atoms with Gasteiger partial charge in [-0.15, -0.1) is 0 Å². The third-order valence-corrected chi connectivity index (χ3v) is 3.68. The zero-order valence-corrected chi connectivity index (χ0v) is 11.8. The van der Waals surface area contributed by atoms with Crippen molar-refractivity contribution in [2.45, 2.75) is 44.9 Å². The molecular weight excluding hydrogens is 258 g/mol. The lowest BCUT2D eigenvalue weighted by Gasteiger charge is -2.25. The van der Waals surface area contributed by atoms with E-state index in [1.54, 1.807) is 6.20 Å². The van der Waals surface area contributed by atoms with Crippen LogP contribution in [0.4, 0.5) is 4.79 Å². The first-order valence-corrected chi connectivity index (χ1v) is 7.18. The quantitative estimate of drug-likeness (QED) is 0.837. The van der Waals surface area contributed by atoms with Crippen LogP contribution in [-0.4, -0.2) is 29.5 Å². The molecule has 0 bridgehead atoms. The van der Waals surface area contributed by atoms with E-state index in [1.807, 2.05) is 6.07 Å². The van der Waals surface area contributed by atoms with Gasteiger partial charge in [-0.05, 0) is 43.2 Å². The first-order valence-electron chi connectivity index (χ1n) is 7.18. The molecular formula is C15H21NO4. The lowest BCUT2D eigenvalue weighted by atomic mass is 9.87. The van der Waals surface area contributed by atoms with Crippen LogP contribution in [0.3, 0.4) is 0 Å². The highest BCUT2D eigenvalue weighted by molar-refractivity contribution is 5.61. The fourth-order valence-electron chi connectivity index (χ4n) is 2.65. The molecule has 0 atom stereocenters. The lowest BCUT2D eigenvalue weighted by molar-refractivity contribution is 0.0850. The maximum atomic E-state index is 10.8. The van der Waals surface area contributed by atoms with Crippen LogP contribution in [0.25, 0.3) is 0 Å². The van der Waals surface area contributed by atoms with E-state index in [0.29, 0.717) is 5.92 Å². The number of rotatable bonds is 5. The number of nitrogens with zero attached hydrogens (tertiary/aromatic N) is 1. The minimum absolute atomic E-state index is 0.245. The molecule has 1 aromatic heterocycles. The van der Waals surface area contributed by atoms with E-state index in [9.17, 15) is 4.79 Å². The Kier molecular flexibility index (Phi) is 5.35. The van der Waals surface area contributed by atoms with Gasteiger partial charge in [0, 0.05) is 25.0 Å². The van der Waals surface area contributed by atoms with E-state index in [1.165, 1.54) is 5.56 Å². The molecule has 2 heterocycles. The summed E-state index contributed by atoms with van der Waals surface area (Å²) in [5, 5.41) is 8.84. The maximum absolute atomic E-state index is 10.8. The molecule has 0 spiro atoms. The summed E-state index contributed by atoms with van der Waals surface area (Å²) in [5.74, 6) is 0.657. The second-order valence-corrected chi connectivity index (χ2v) is 5.04. The first kappa shape index (κ1) is 14.8. The van der Waals surface area contributed by atoms with E-state index >= 15 is 0 Å². The number of ether oxygens (including phenoxy) is 2. The normalized spacial score (nSPS) is 16.1. The summed E-state index contributed by atoms with van der Waals surface area (Å²) in [5.41, 5.74) is 2.12. The van der Waals surface area contributed by atoms with Crippen molar-refractivity contribution in [3.63, 3.8) is 0 Å². The summed E-state index contributed by atoms with van der Waals surface area (Å²) in [6.07, 6.45) is 5.12. The molecule has 0 unspecified atom stereocenters. The summed E-state index contributed by atoms with van der Waals surface area (Å²) in [4.78, 5) is 14.9. The monoisotopic (exact) mass is 279 g/mol. The number of hydrogen-bond acceptors (Lipinski definition) is 4. The van der Waals surface area contributed by atoms with Gasteiger partial charge in [0.05, 0.1) is 0 Å². The Hall–Kier alpha value is -1.62. The molecule has 0 radical (unpaired) electrons. The van der Waals surface area contributed by atoms with Gasteiger partial charge in [-0.1, -0.05) is 13.3 Å². The van der Waals surface area contributed by atoms with Gasteiger partial charge in [0.1, 0.15) is 0 Å². The van der Waals surface area contributed by atoms with Gasteiger partial charge in [-0.3, -0.25) is 0 Å². The first-order chi connectivity index (χ1) is 9.72. The van der Waals surface area contributed by atoms with Gasteiger partial charge < -0.3 is 14.6 Å². The van der Waals surface area contributed by atoms with E-state index in [4.69, 9.17) is 14.6 Å². The molecule has 1 saturated heterocycles. The molecule has 1 aliphatic heterocycles. The fourth-order valence-corrected chi connectivity index (χ4v) is 2.65. The standard InChI is InChI=1S/C15H21NO4/c1-2-3-4-13-12(11-6-9-19-10-7-11)5-8-16-14(13)20-15(17)18/h5,8,11H,2-4,6-7,9-10H2,1H3,(H,17,18). The summed E-state index contributed by atoms with van der Waals surface area (Å²) < 4.78 is 10.2. The van der Waals surface area contributed by atoms with Crippen molar-refractivity contribution in [2.24, 2.45) is 0 Å². The minimum Gasteiger partial charge on any atom is -0.449 e. The van der Waals surface area contributed by atoms with Crippen molar-refractivity contribution in [3.05, 3.63) is 23.4 Å². The molecule has 0 amide bonds. The van der Waals surface area contributed by atoms with Gasteiger partial charge in [-0.25, -0.2) is 9.78 Å². The van der Waals surface area contributed by atoms with Crippen LogP contribution in [0, 0.1) is 0 Å². The van der Waals surface area contributed by atoms with Crippen LogP contribution < -0.4 is 4.74 Å². The number of carbonyl (C=O) groups is 1. The third-order valence-electron chi connectivity index (χ3n) is 3.68. The highest BCUT2D eigenvalue weighted by Crippen LogP contribution is 2.33. The average Bonchev–Trinajstić information content (AvgIpc) is 2.46. The zero-order valence-electron chi connectivity index (χ0n) is 11.8. The number of pyridine rings is 1. The van der Waals surface area contributed by atoms with Crippen LogP contribution in [0.5, 0.6) is 5.88 Å². The molecule has 5 nitrogen and oxygen atoms in total. The van der Waals surface area contributed by atoms with Gasteiger partial charge >= 0.3 is 6.16 Å². The van der Waals surface area contributed by atoms with Crippen LogP contribution >= 0.6 is 0 Å². The molecule has 1 aromatic rings. The summed E-state index contributed by atoms with van der Waals surface area (Å²) in [6, 6.07) is 2.00. The predicted octanol–water partition coefficient (Wildman–Crippen LogP) is 3.38.